The van der Waals surface area contributed by atoms with Crippen LogP contribution in [0, 0.1) is 11.8 Å². The number of amides is 2. The Morgan fingerprint density at radius 1 is 1.02 bits per heavy atom. The number of hydrogen-bond donors (Lipinski definition) is 2. The second-order valence-corrected chi connectivity index (χ2v) is 12.4. The molecule has 236 valence electrons. The first kappa shape index (κ1) is 31.8. The second kappa shape index (κ2) is 15.4. The summed E-state index contributed by atoms with van der Waals surface area (Å²) in [5, 5.41) is 7.16. The normalized spacial score (nSPS) is 19.9. The Morgan fingerprint density at radius 3 is 2.57 bits per heavy atom. The summed E-state index contributed by atoms with van der Waals surface area (Å²) in [6.45, 7) is 2.35. The summed E-state index contributed by atoms with van der Waals surface area (Å²) in [6, 6.07) is 13.0. The van der Waals surface area contributed by atoms with Gasteiger partial charge in [0, 0.05) is 32.2 Å². The van der Waals surface area contributed by atoms with Gasteiger partial charge in [-0.25, -0.2) is 4.98 Å². The van der Waals surface area contributed by atoms with E-state index in [-0.39, 0.29) is 41.1 Å². The molecule has 1 aliphatic carbocycles. The predicted molar refractivity (Wildman–Crippen MR) is 170 cm³/mol. The van der Waals surface area contributed by atoms with E-state index in [1.54, 1.807) is 24.9 Å². The van der Waals surface area contributed by atoms with E-state index in [4.69, 9.17) is 19.2 Å². The minimum atomic E-state index is -0.126. The summed E-state index contributed by atoms with van der Waals surface area (Å²) >= 11 is 1.28. The molecule has 2 fully saturated rings. The summed E-state index contributed by atoms with van der Waals surface area (Å²) in [4.78, 5) is 43.9. The highest BCUT2D eigenvalue weighted by Crippen LogP contribution is 2.31. The van der Waals surface area contributed by atoms with Gasteiger partial charge in [0.05, 0.1) is 37.0 Å². The molecule has 2 heterocycles. The van der Waals surface area contributed by atoms with Crippen LogP contribution < -0.4 is 25.7 Å². The van der Waals surface area contributed by atoms with Crippen molar-refractivity contribution in [2.75, 3.05) is 39.7 Å². The van der Waals surface area contributed by atoms with Crippen LogP contribution in [-0.4, -0.2) is 67.1 Å². The van der Waals surface area contributed by atoms with Gasteiger partial charge < -0.3 is 24.8 Å². The van der Waals surface area contributed by atoms with Gasteiger partial charge >= 0.3 is 0 Å². The molecule has 10 nitrogen and oxygen atoms in total. The van der Waals surface area contributed by atoms with Crippen molar-refractivity contribution in [3.05, 3.63) is 58.4 Å². The van der Waals surface area contributed by atoms with Crippen molar-refractivity contribution in [3.8, 4) is 11.5 Å². The van der Waals surface area contributed by atoms with E-state index >= 15 is 0 Å². The lowest BCUT2D eigenvalue weighted by Crippen LogP contribution is -2.38. The quantitative estimate of drug-likeness (QED) is 0.217. The SMILES string of the molecule is COc1ccc(CCNC(=O)CSc2nc3ccccc3c(=O)n2CC2CCC(C(=O)NC[C@H]3CCCO3)CC2)cc1OC. The lowest BCUT2D eigenvalue weighted by molar-refractivity contribution is -0.126. The predicted octanol–water partition coefficient (Wildman–Crippen LogP) is 3.97. The molecule has 2 aromatic carbocycles. The number of methoxy groups -OCH3 is 2. The number of nitrogens with zero attached hydrogens (tertiary/aromatic N) is 2. The number of aromatic nitrogens is 2. The van der Waals surface area contributed by atoms with Gasteiger partial charge in [0.1, 0.15) is 0 Å². The Morgan fingerprint density at radius 2 is 1.82 bits per heavy atom. The monoisotopic (exact) mass is 622 g/mol. The Hall–Kier alpha value is -3.57. The first-order valence-electron chi connectivity index (χ1n) is 15.4. The molecule has 5 rings (SSSR count). The molecule has 1 atom stereocenters. The average molecular weight is 623 g/mol. The number of thioether (sulfide) groups is 1. The van der Waals surface area contributed by atoms with Gasteiger partial charge in [-0.05, 0) is 80.7 Å². The molecular weight excluding hydrogens is 580 g/mol. The average Bonchev–Trinajstić information content (AvgIpc) is 3.58. The van der Waals surface area contributed by atoms with Crippen molar-refractivity contribution in [2.45, 2.75) is 62.8 Å². The van der Waals surface area contributed by atoms with Crippen molar-refractivity contribution in [3.63, 3.8) is 0 Å². The van der Waals surface area contributed by atoms with Gasteiger partial charge in [0.25, 0.3) is 5.56 Å². The highest BCUT2D eigenvalue weighted by atomic mass is 32.2. The fourth-order valence-corrected chi connectivity index (χ4v) is 6.85. The number of hydrogen-bond acceptors (Lipinski definition) is 8. The van der Waals surface area contributed by atoms with Gasteiger partial charge in [-0.1, -0.05) is 30.0 Å². The summed E-state index contributed by atoms with van der Waals surface area (Å²) in [7, 11) is 3.19. The van der Waals surface area contributed by atoms with E-state index in [0.717, 1.165) is 50.7 Å². The van der Waals surface area contributed by atoms with E-state index < -0.39 is 0 Å². The topological polar surface area (TPSA) is 121 Å². The summed E-state index contributed by atoms with van der Waals surface area (Å²) < 4.78 is 18.0. The Kier molecular flexibility index (Phi) is 11.2. The fourth-order valence-electron chi connectivity index (χ4n) is 6.01. The minimum Gasteiger partial charge on any atom is -0.493 e. The zero-order valence-electron chi connectivity index (χ0n) is 25.5. The fraction of sp³-hybridized carbons (Fsp3) is 0.515. The molecule has 1 aromatic heterocycles. The third-order valence-corrected chi connectivity index (χ3v) is 9.51. The van der Waals surface area contributed by atoms with Crippen molar-refractivity contribution in [2.24, 2.45) is 11.8 Å². The highest BCUT2D eigenvalue weighted by Gasteiger charge is 2.28. The van der Waals surface area contributed by atoms with E-state index in [2.05, 4.69) is 10.6 Å². The molecule has 2 amide bonds. The van der Waals surface area contributed by atoms with Crippen LogP contribution in [-0.2, 0) is 27.3 Å². The molecule has 2 aliphatic rings. The van der Waals surface area contributed by atoms with E-state index in [1.165, 1.54) is 11.8 Å². The molecule has 1 saturated heterocycles. The van der Waals surface area contributed by atoms with Gasteiger partial charge in [0.2, 0.25) is 11.8 Å². The first-order valence-corrected chi connectivity index (χ1v) is 16.4. The number of fused-ring (bicyclic) bond motifs is 1. The maximum Gasteiger partial charge on any atom is 0.262 e. The molecule has 3 aromatic rings. The van der Waals surface area contributed by atoms with Crippen LogP contribution >= 0.6 is 11.8 Å². The zero-order valence-corrected chi connectivity index (χ0v) is 26.3. The van der Waals surface area contributed by atoms with Crippen LogP contribution in [0.25, 0.3) is 10.9 Å². The number of rotatable bonds is 13. The summed E-state index contributed by atoms with van der Waals surface area (Å²) in [6.07, 6.45) is 6.15. The third-order valence-electron chi connectivity index (χ3n) is 8.53. The van der Waals surface area contributed by atoms with Crippen molar-refractivity contribution >= 4 is 34.5 Å². The maximum absolute atomic E-state index is 13.6. The lowest BCUT2D eigenvalue weighted by atomic mass is 9.81. The van der Waals surface area contributed by atoms with Crippen molar-refractivity contribution in [1.29, 1.82) is 0 Å². The number of carbonyl (C=O) groups excluding carboxylic acids is 2. The third kappa shape index (κ3) is 8.12. The van der Waals surface area contributed by atoms with Crippen LogP contribution in [0.3, 0.4) is 0 Å². The van der Waals surface area contributed by atoms with Crippen LogP contribution in [0.2, 0.25) is 0 Å². The molecule has 1 saturated carbocycles. The van der Waals surface area contributed by atoms with Crippen LogP contribution in [0.4, 0.5) is 0 Å². The molecule has 11 heteroatoms. The van der Waals surface area contributed by atoms with Crippen molar-refractivity contribution < 1.29 is 23.8 Å². The molecule has 2 N–H and O–H groups in total. The number of ether oxygens (including phenoxy) is 3. The minimum absolute atomic E-state index is 0.00403. The second-order valence-electron chi connectivity index (χ2n) is 11.5. The molecule has 0 radical (unpaired) electrons. The Balaban J connectivity index is 1.17. The van der Waals surface area contributed by atoms with Crippen LogP contribution in [0.1, 0.15) is 44.1 Å². The van der Waals surface area contributed by atoms with E-state index in [9.17, 15) is 14.4 Å². The summed E-state index contributed by atoms with van der Waals surface area (Å²) in [5.74, 6) is 1.70. The number of para-hydroxylation sites is 1. The van der Waals surface area contributed by atoms with Gasteiger partial charge in [0.15, 0.2) is 16.7 Å². The van der Waals surface area contributed by atoms with Crippen LogP contribution in [0.15, 0.2) is 52.4 Å². The van der Waals surface area contributed by atoms with Crippen molar-refractivity contribution in [1.82, 2.24) is 20.2 Å². The van der Waals surface area contributed by atoms with Gasteiger partial charge in [-0.3, -0.25) is 19.0 Å². The highest BCUT2D eigenvalue weighted by molar-refractivity contribution is 7.99. The standard InChI is InChI=1S/C33H42N4O6S/c1-41-28-14-11-22(18-29(28)42-2)15-16-34-30(38)21-44-33-36-27-8-4-3-7-26(27)32(40)37(33)20-23-9-12-24(13-10-23)31(39)35-19-25-6-5-17-43-25/h3-4,7-8,11,14,18,23-25H,5-6,9-10,12-13,15-17,19-21H2,1-2H3,(H,34,38)(H,35,39)/t23?,24?,25-/m1/s1. The Bertz CT molecular complexity index is 1500. The summed E-state index contributed by atoms with van der Waals surface area (Å²) in [5.41, 5.74) is 1.55. The number of carbonyl (C=O) groups is 2. The number of benzene rings is 2. The van der Waals surface area contributed by atoms with E-state index in [0.29, 0.717) is 53.6 Å². The van der Waals surface area contributed by atoms with Crippen LogP contribution in [0.5, 0.6) is 11.5 Å². The molecule has 0 bridgehead atoms. The molecule has 0 unspecified atom stereocenters. The largest absolute Gasteiger partial charge is 0.493 e. The zero-order chi connectivity index (χ0) is 30.9. The Labute approximate surface area is 262 Å². The van der Waals surface area contributed by atoms with E-state index in [1.807, 2.05) is 36.4 Å². The number of nitrogens with one attached hydrogen (secondary N) is 2. The molecule has 44 heavy (non-hydrogen) atoms. The smallest absolute Gasteiger partial charge is 0.262 e. The maximum atomic E-state index is 13.6. The molecule has 1 aliphatic heterocycles. The first-order chi connectivity index (χ1) is 21.4. The van der Waals surface area contributed by atoms with Gasteiger partial charge in [-0.15, -0.1) is 0 Å². The molecule has 0 spiro atoms. The lowest BCUT2D eigenvalue weighted by Gasteiger charge is -2.29. The van der Waals surface area contributed by atoms with Gasteiger partial charge in [-0.2, -0.15) is 0 Å². The molecular formula is C33H42N4O6S.